The first-order chi connectivity index (χ1) is 20.1. The van der Waals surface area contributed by atoms with Gasteiger partial charge in [-0.2, -0.15) is 26.3 Å². The van der Waals surface area contributed by atoms with Crippen molar-refractivity contribution in [1.82, 2.24) is 0 Å². The van der Waals surface area contributed by atoms with Crippen LogP contribution in [0.2, 0.25) is 10.0 Å². The molecule has 0 aliphatic heterocycles. The van der Waals surface area contributed by atoms with Crippen LogP contribution in [0.5, 0.6) is 0 Å². The Hall–Kier alpha value is -4.04. The molecule has 232 valence electrons. The zero-order valence-electron chi connectivity index (χ0n) is 21.0. The SMILES string of the molecule is N#[N+]c1cc(C(F)(F)F)ccc1Cl.N#[N+]c1cc(C(F)(F)F)ccc1Cl.O=S(=O)([O-])c1cccc2c(S(=O)(=O)[O-])cccc12. The van der Waals surface area contributed by atoms with E-state index in [1.165, 1.54) is 24.3 Å². The fraction of sp³-hybridized carbons (Fsp3) is 0.0833. The molecule has 0 fully saturated rings. The standard InChI is InChI=1S/C10H8O6S2.2C7H3ClF3N2/c11-17(12,13)9-5-1-3-7-8(9)4-2-6-10(7)18(14,15)16;2*8-5-2-1-4(7(9,10)11)3-6(5)13-12/h1-6H,(H,11,12,13)(H,14,15,16);2*1-3H/q;2*+1/p-2. The minimum Gasteiger partial charge on any atom is -0.744 e. The molecule has 0 saturated carbocycles. The lowest BCUT2D eigenvalue weighted by molar-refractivity contribution is -0.138. The fourth-order valence-electron chi connectivity index (χ4n) is 3.22. The number of nitrogens with zero attached hydrogens (tertiary/aromatic N) is 4. The quantitative estimate of drug-likeness (QED) is 0.114. The average molecular weight is 701 g/mol. The van der Waals surface area contributed by atoms with Crippen molar-refractivity contribution in [3.05, 3.63) is 104 Å². The van der Waals surface area contributed by atoms with Gasteiger partial charge in [-0.1, -0.05) is 47.5 Å². The molecule has 0 aromatic heterocycles. The van der Waals surface area contributed by atoms with Gasteiger partial charge in [0.1, 0.15) is 30.3 Å². The molecule has 4 aromatic carbocycles. The summed E-state index contributed by atoms with van der Waals surface area (Å²) in [7, 11) is -9.48. The first-order valence-corrected chi connectivity index (χ1v) is 14.6. The molecule has 4 rings (SSSR count). The van der Waals surface area contributed by atoms with Crippen LogP contribution in [0.4, 0.5) is 37.7 Å². The largest absolute Gasteiger partial charge is 0.744 e. The molecule has 0 bridgehead atoms. The second-order valence-electron chi connectivity index (χ2n) is 8.04. The zero-order valence-corrected chi connectivity index (χ0v) is 24.2. The summed E-state index contributed by atoms with van der Waals surface area (Å²) in [5.74, 6) is 0. The predicted molar refractivity (Wildman–Crippen MR) is 142 cm³/mol. The Morgan fingerprint density at radius 1 is 0.591 bits per heavy atom. The Labute approximate surface area is 254 Å². The van der Waals surface area contributed by atoms with Crippen molar-refractivity contribution in [1.29, 1.82) is 10.8 Å². The van der Waals surface area contributed by atoms with Crippen LogP contribution in [-0.2, 0) is 32.6 Å². The lowest BCUT2D eigenvalue weighted by Gasteiger charge is -2.14. The van der Waals surface area contributed by atoms with E-state index in [2.05, 4.69) is 9.95 Å². The van der Waals surface area contributed by atoms with Gasteiger partial charge in [-0.05, 0) is 36.4 Å². The molecule has 0 saturated heterocycles. The van der Waals surface area contributed by atoms with Gasteiger partial charge in [0.05, 0.1) is 20.9 Å². The van der Waals surface area contributed by atoms with Crippen LogP contribution in [0.1, 0.15) is 11.1 Å². The van der Waals surface area contributed by atoms with Gasteiger partial charge in [-0.15, -0.1) is 0 Å². The van der Waals surface area contributed by atoms with E-state index in [4.69, 9.17) is 34.0 Å². The topological polar surface area (TPSA) is 171 Å². The Morgan fingerprint density at radius 2 is 0.909 bits per heavy atom. The summed E-state index contributed by atoms with van der Waals surface area (Å²) in [6.07, 6.45) is -8.91. The number of hydrogen-bond acceptors (Lipinski definition) is 8. The Balaban J connectivity index is 0.000000235. The third kappa shape index (κ3) is 9.48. The van der Waals surface area contributed by atoms with Gasteiger partial charge in [0.15, 0.2) is 9.95 Å². The van der Waals surface area contributed by atoms with Crippen LogP contribution in [0.25, 0.3) is 20.7 Å². The predicted octanol–water partition coefficient (Wildman–Crippen LogP) is 8.33. The Kier molecular flexibility index (Phi) is 11.3. The van der Waals surface area contributed by atoms with Gasteiger partial charge in [0.25, 0.3) is 0 Å². The van der Waals surface area contributed by atoms with Crippen molar-refractivity contribution in [3.63, 3.8) is 0 Å². The summed E-state index contributed by atoms with van der Waals surface area (Å²) >= 11 is 10.9. The summed E-state index contributed by atoms with van der Waals surface area (Å²) in [5.41, 5.74) is -2.39. The minimum atomic E-state index is -4.74. The molecule has 0 heterocycles. The highest BCUT2D eigenvalue weighted by Crippen LogP contribution is 2.36. The molecule has 10 nitrogen and oxygen atoms in total. The van der Waals surface area contributed by atoms with E-state index in [0.29, 0.717) is 12.1 Å². The molecule has 0 aliphatic rings. The van der Waals surface area contributed by atoms with Crippen LogP contribution < -0.4 is 0 Å². The molecule has 0 atom stereocenters. The van der Waals surface area contributed by atoms with Crippen molar-refractivity contribution in [2.24, 2.45) is 0 Å². The number of alkyl halides is 6. The Bertz CT molecular complexity index is 1870. The molecule has 44 heavy (non-hydrogen) atoms. The summed E-state index contributed by atoms with van der Waals surface area (Å²) in [6.45, 7) is 0. The highest BCUT2D eigenvalue weighted by Gasteiger charge is 2.33. The van der Waals surface area contributed by atoms with Crippen molar-refractivity contribution < 1.29 is 52.3 Å². The molecule has 4 aromatic rings. The van der Waals surface area contributed by atoms with Crippen molar-refractivity contribution in [2.75, 3.05) is 0 Å². The van der Waals surface area contributed by atoms with E-state index in [-0.39, 0.29) is 32.2 Å². The molecule has 0 amide bonds. The number of diazo groups is 2. The molecule has 20 heteroatoms. The second kappa shape index (κ2) is 13.7. The van der Waals surface area contributed by atoms with Crippen molar-refractivity contribution >= 4 is 65.6 Å². The number of hydrogen-bond donors (Lipinski definition) is 0. The van der Waals surface area contributed by atoms with Gasteiger partial charge >= 0.3 is 23.7 Å². The molecule has 0 aliphatic carbocycles. The maximum Gasteiger partial charge on any atom is 0.416 e. The highest BCUT2D eigenvalue weighted by atomic mass is 35.5. The fourth-order valence-corrected chi connectivity index (χ4v) is 4.92. The smallest absolute Gasteiger partial charge is 0.416 e. The summed E-state index contributed by atoms with van der Waals surface area (Å²) in [5, 5.41) is 16.3. The van der Waals surface area contributed by atoms with Gasteiger partial charge in [-0.25, -0.2) is 16.8 Å². The summed E-state index contributed by atoms with van der Waals surface area (Å²) in [6, 6.07) is 12.1. The van der Waals surface area contributed by atoms with E-state index < -0.39 is 53.5 Å². The third-order valence-corrected chi connectivity index (χ3v) is 7.57. The van der Waals surface area contributed by atoms with E-state index in [1.54, 1.807) is 0 Å². The maximum absolute atomic E-state index is 12.1. The number of rotatable bonds is 2. The van der Waals surface area contributed by atoms with E-state index in [1.807, 2.05) is 0 Å². The maximum atomic E-state index is 12.1. The monoisotopic (exact) mass is 700 g/mol. The number of benzene rings is 4. The Morgan fingerprint density at radius 3 is 1.16 bits per heavy atom. The highest BCUT2D eigenvalue weighted by molar-refractivity contribution is 7.86. The van der Waals surface area contributed by atoms with Crippen LogP contribution >= 0.6 is 23.2 Å². The molecule has 0 N–H and O–H groups in total. The van der Waals surface area contributed by atoms with Gasteiger partial charge in [0.2, 0.25) is 10.8 Å². The minimum absolute atomic E-state index is 0.0319. The molecule has 0 unspecified atom stereocenters. The van der Waals surface area contributed by atoms with Crippen molar-refractivity contribution in [2.45, 2.75) is 22.1 Å². The zero-order chi connectivity index (χ0) is 33.7. The first-order valence-electron chi connectivity index (χ1n) is 11.0. The van der Waals surface area contributed by atoms with Gasteiger partial charge in [-0.3, -0.25) is 0 Å². The third-order valence-electron chi connectivity index (χ3n) is 5.14. The van der Waals surface area contributed by atoms with Crippen LogP contribution in [0, 0.1) is 10.8 Å². The van der Waals surface area contributed by atoms with Gasteiger partial charge in [0, 0.05) is 22.9 Å². The van der Waals surface area contributed by atoms with Crippen molar-refractivity contribution in [3.8, 4) is 0 Å². The van der Waals surface area contributed by atoms with Gasteiger partial charge < -0.3 is 9.11 Å². The first kappa shape index (κ1) is 36.2. The molecule has 0 radical (unpaired) electrons. The summed E-state index contributed by atoms with van der Waals surface area (Å²) < 4.78 is 139. The number of fused-ring (bicyclic) bond motifs is 1. The van der Waals surface area contributed by atoms with E-state index in [0.717, 1.165) is 36.4 Å². The molecule has 0 spiro atoms. The number of halogens is 8. The molecular formula is C24H12Cl2F6N4O6S2. The van der Waals surface area contributed by atoms with Crippen LogP contribution in [0.15, 0.2) is 82.6 Å². The normalized spacial score (nSPS) is 11.7. The molecular weight excluding hydrogens is 689 g/mol. The van der Waals surface area contributed by atoms with Crippen LogP contribution in [0.3, 0.4) is 0 Å². The summed E-state index contributed by atoms with van der Waals surface area (Å²) in [4.78, 5) is 4.12. The lowest BCUT2D eigenvalue weighted by Crippen LogP contribution is -2.03. The second-order valence-corrected chi connectivity index (χ2v) is 11.6. The lowest BCUT2D eigenvalue weighted by atomic mass is 10.1. The van der Waals surface area contributed by atoms with Crippen LogP contribution in [-0.4, -0.2) is 25.9 Å². The van der Waals surface area contributed by atoms with E-state index in [9.17, 15) is 52.3 Å². The average Bonchev–Trinajstić information content (AvgIpc) is 2.91. The van der Waals surface area contributed by atoms with E-state index >= 15 is 0 Å².